The van der Waals surface area contributed by atoms with Gasteiger partial charge in [0, 0.05) is 6.54 Å². The van der Waals surface area contributed by atoms with Crippen LogP contribution in [0.15, 0.2) is 0 Å². The number of hydrogen-bond donors (Lipinski definition) is 1. The van der Waals surface area contributed by atoms with Gasteiger partial charge in [0.2, 0.25) is 0 Å². The molecule has 2 fully saturated rings. The number of fused-ring (bicyclic) bond motifs is 2. The van der Waals surface area contributed by atoms with E-state index >= 15 is 0 Å². The molecule has 0 aromatic carbocycles. The lowest BCUT2D eigenvalue weighted by Crippen LogP contribution is -2.40. The highest BCUT2D eigenvalue weighted by Crippen LogP contribution is 2.48. The predicted octanol–water partition coefficient (Wildman–Crippen LogP) is 1.90. The molecule has 2 saturated carbocycles. The van der Waals surface area contributed by atoms with Gasteiger partial charge in [-0.3, -0.25) is 4.79 Å². The van der Waals surface area contributed by atoms with Crippen LogP contribution >= 0.6 is 0 Å². The number of esters is 1. The van der Waals surface area contributed by atoms with Crippen molar-refractivity contribution in [2.75, 3.05) is 33.8 Å². The van der Waals surface area contributed by atoms with Crippen molar-refractivity contribution in [1.82, 2.24) is 10.2 Å². The van der Waals surface area contributed by atoms with E-state index in [1.54, 1.807) is 0 Å². The number of methoxy groups -OCH3 is 1. The summed E-state index contributed by atoms with van der Waals surface area (Å²) in [7, 11) is 3.65. The van der Waals surface area contributed by atoms with E-state index < -0.39 is 0 Å². The van der Waals surface area contributed by atoms with Gasteiger partial charge in [0.1, 0.15) is 6.04 Å². The number of nitrogens with zero attached hydrogens (tertiary/aromatic N) is 1. The van der Waals surface area contributed by atoms with Crippen molar-refractivity contribution in [2.45, 2.75) is 45.1 Å². The van der Waals surface area contributed by atoms with Crippen molar-refractivity contribution in [3.05, 3.63) is 0 Å². The Hall–Kier alpha value is -0.610. The van der Waals surface area contributed by atoms with Gasteiger partial charge in [-0.05, 0) is 63.6 Å². The number of rotatable bonds is 8. The van der Waals surface area contributed by atoms with Gasteiger partial charge in [-0.25, -0.2) is 0 Å². The molecule has 116 valence electrons. The highest BCUT2D eigenvalue weighted by atomic mass is 16.5. The summed E-state index contributed by atoms with van der Waals surface area (Å²) in [6.45, 7) is 4.98. The van der Waals surface area contributed by atoms with Crippen LogP contribution < -0.4 is 5.32 Å². The predicted molar refractivity (Wildman–Crippen MR) is 80.5 cm³/mol. The maximum atomic E-state index is 11.7. The van der Waals surface area contributed by atoms with E-state index in [4.69, 9.17) is 4.74 Å². The minimum Gasteiger partial charge on any atom is -0.468 e. The second-order valence-electron chi connectivity index (χ2n) is 6.62. The first-order chi connectivity index (χ1) is 9.63. The molecule has 2 bridgehead atoms. The van der Waals surface area contributed by atoms with Crippen LogP contribution in [0.3, 0.4) is 0 Å². The largest absolute Gasteiger partial charge is 0.468 e. The highest BCUT2D eigenvalue weighted by Gasteiger charge is 2.39. The molecular formula is C16H30N2O2. The highest BCUT2D eigenvalue weighted by molar-refractivity contribution is 5.75. The van der Waals surface area contributed by atoms with E-state index in [0.29, 0.717) is 0 Å². The summed E-state index contributed by atoms with van der Waals surface area (Å²) < 4.78 is 4.85. The lowest BCUT2D eigenvalue weighted by Gasteiger charge is -2.28. The Kier molecular flexibility index (Phi) is 5.85. The summed E-state index contributed by atoms with van der Waals surface area (Å²) in [6.07, 6.45) is 6.65. The number of carbonyl (C=O) groups excluding carboxylic acids is 1. The third kappa shape index (κ3) is 3.95. The summed E-state index contributed by atoms with van der Waals surface area (Å²) in [6, 6.07) is -0.160. The van der Waals surface area contributed by atoms with Crippen molar-refractivity contribution in [3.8, 4) is 0 Å². The number of nitrogens with one attached hydrogen (secondary N) is 1. The maximum Gasteiger partial charge on any atom is 0.322 e. The van der Waals surface area contributed by atoms with Gasteiger partial charge in [-0.15, -0.1) is 0 Å². The standard InChI is InChI=1S/C16H30N2O2/c1-4-17-15(16(19)20-3)7-8-18(2)11-14-10-12-5-6-13(14)9-12/h12-15,17H,4-11H2,1-3H3. The van der Waals surface area contributed by atoms with Crippen molar-refractivity contribution in [3.63, 3.8) is 0 Å². The summed E-state index contributed by atoms with van der Waals surface area (Å²) in [5, 5.41) is 3.21. The van der Waals surface area contributed by atoms with Crippen LogP contribution in [0.5, 0.6) is 0 Å². The Morgan fingerprint density at radius 1 is 1.40 bits per heavy atom. The number of ether oxygens (including phenoxy) is 1. The van der Waals surface area contributed by atoms with Crippen LogP contribution in [0.4, 0.5) is 0 Å². The summed E-state index contributed by atoms with van der Waals surface area (Å²) in [5.41, 5.74) is 0. The monoisotopic (exact) mass is 282 g/mol. The van der Waals surface area contributed by atoms with E-state index in [2.05, 4.69) is 17.3 Å². The molecule has 0 heterocycles. The molecule has 2 aliphatic rings. The quantitative estimate of drug-likeness (QED) is 0.690. The maximum absolute atomic E-state index is 11.7. The average Bonchev–Trinajstić information content (AvgIpc) is 3.05. The second-order valence-corrected chi connectivity index (χ2v) is 6.62. The SMILES string of the molecule is CCNC(CCN(C)CC1CC2CCC1C2)C(=O)OC. The average molecular weight is 282 g/mol. The van der Waals surface area contributed by atoms with Gasteiger partial charge >= 0.3 is 5.97 Å². The van der Waals surface area contributed by atoms with Crippen LogP contribution in [0, 0.1) is 17.8 Å². The topological polar surface area (TPSA) is 41.6 Å². The molecule has 0 aromatic rings. The summed E-state index contributed by atoms with van der Waals surface area (Å²) in [4.78, 5) is 14.1. The Morgan fingerprint density at radius 2 is 2.20 bits per heavy atom. The van der Waals surface area contributed by atoms with Crippen molar-refractivity contribution in [1.29, 1.82) is 0 Å². The molecule has 0 radical (unpaired) electrons. The normalized spacial score (nSPS) is 29.9. The number of hydrogen-bond acceptors (Lipinski definition) is 4. The molecule has 2 rings (SSSR count). The third-order valence-electron chi connectivity index (χ3n) is 5.17. The van der Waals surface area contributed by atoms with Crippen LogP contribution in [0.2, 0.25) is 0 Å². The van der Waals surface area contributed by atoms with Gasteiger partial charge in [0.15, 0.2) is 0 Å². The zero-order valence-corrected chi connectivity index (χ0v) is 13.2. The van der Waals surface area contributed by atoms with Crippen molar-refractivity contribution >= 4 is 5.97 Å². The first-order valence-corrected chi connectivity index (χ1v) is 8.13. The Bertz CT molecular complexity index is 322. The van der Waals surface area contributed by atoms with E-state index in [0.717, 1.165) is 37.3 Å². The van der Waals surface area contributed by atoms with Crippen LogP contribution in [-0.2, 0) is 9.53 Å². The lowest BCUT2D eigenvalue weighted by molar-refractivity contribution is -0.143. The summed E-state index contributed by atoms with van der Waals surface area (Å²) in [5.74, 6) is 2.75. The molecule has 0 amide bonds. The minimum atomic E-state index is -0.160. The molecule has 0 spiro atoms. The molecule has 4 atom stereocenters. The molecule has 4 heteroatoms. The number of carbonyl (C=O) groups is 1. The third-order valence-corrected chi connectivity index (χ3v) is 5.17. The second kappa shape index (κ2) is 7.41. The molecule has 2 aliphatic carbocycles. The van der Waals surface area contributed by atoms with E-state index in [9.17, 15) is 4.79 Å². The first kappa shape index (κ1) is 15.8. The van der Waals surface area contributed by atoms with Crippen LogP contribution in [0.1, 0.15) is 39.0 Å². The first-order valence-electron chi connectivity index (χ1n) is 8.13. The minimum absolute atomic E-state index is 0.139. The molecule has 0 aliphatic heterocycles. The van der Waals surface area contributed by atoms with E-state index in [-0.39, 0.29) is 12.0 Å². The zero-order chi connectivity index (χ0) is 14.5. The molecule has 4 unspecified atom stereocenters. The molecule has 20 heavy (non-hydrogen) atoms. The van der Waals surface area contributed by atoms with Gasteiger partial charge < -0.3 is 15.0 Å². The van der Waals surface area contributed by atoms with Crippen molar-refractivity contribution < 1.29 is 9.53 Å². The molecule has 0 saturated heterocycles. The van der Waals surface area contributed by atoms with Gasteiger partial charge in [-0.2, -0.15) is 0 Å². The fourth-order valence-corrected chi connectivity index (χ4v) is 4.13. The van der Waals surface area contributed by atoms with Crippen LogP contribution in [0.25, 0.3) is 0 Å². The fraction of sp³-hybridized carbons (Fsp3) is 0.938. The zero-order valence-electron chi connectivity index (χ0n) is 13.2. The molecule has 4 nitrogen and oxygen atoms in total. The summed E-state index contributed by atoms with van der Waals surface area (Å²) >= 11 is 0. The van der Waals surface area contributed by atoms with E-state index in [1.807, 2.05) is 6.92 Å². The number of likely N-dealkylation sites (N-methyl/N-ethyl adjacent to an activating group) is 1. The van der Waals surface area contributed by atoms with E-state index in [1.165, 1.54) is 39.3 Å². The smallest absolute Gasteiger partial charge is 0.322 e. The van der Waals surface area contributed by atoms with Gasteiger partial charge in [0.25, 0.3) is 0 Å². The Labute approximate surface area is 123 Å². The van der Waals surface area contributed by atoms with Gasteiger partial charge in [0.05, 0.1) is 7.11 Å². The fourth-order valence-electron chi connectivity index (χ4n) is 4.13. The molecule has 1 N–H and O–H groups in total. The Morgan fingerprint density at radius 3 is 2.75 bits per heavy atom. The molecular weight excluding hydrogens is 252 g/mol. The van der Waals surface area contributed by atoms with Gasteiger partial charge in [-0.1, -0.05) is 13.3 Å². The van der Waals surface area contributed by atoms with Crippen LogP contribution in [-0.4, -0.2) is 50.7 Å². The molecule has 0 aromatic heterocycles. The van der Waals surface area contributed by atoms with Crippen molar-refractivity contribution in [2.24, 2.45) is 17.8 Å². The lowest BCUT2D eigenvalue weighted by atomic mass is 9.88. The Balaban J connectivity index is 1.70.